The third kappa shape index (κ3) is 7.31. The third-order valence-electron chi connectivity index (χ3n) is 6.18. The predicted molar refractivity (Wildman–Crippen MR) is 158 cm³/mol. The number of nitrogens with two attached hydrogens (primary N) is 1. The number of carbonyl (C=O) groups is 1. The van der Waals surface area contributed by atoms with Gasteiger partial charge in [-0.1, -0.05) is 36.0 Å². The number of methoxy groups -OCH3 is 2. The number of hydrogen-bond acceptors (Lipinski definition) is 9. The second-order valence-corrected chi connectivity index (χ2v) is 11.4. The number of para-hydroxylation sites is 1. The summed E-state index contributed by atoms with van der Waals surface area (Å²) in [6.45, 7) is 2.00. The number of nitrogens with one attached hydrogen (secondary N) is 1. The average molecular weight is 596 g/mol. The molecule has 0 aliphatic carbocycles. The molecule has 0 saturated heterocycles. The Bertz CT molecular complexity index is 1770. The van der Waals surface area contributed by atoms with Gasteiger partial charge in [0, 0.05) is 12.1 Å². The summed E-state index contributed by atoms with van der Waals surface area (Å²) < 4.78 is 35.3. The van der Waals surface area contributed by atoms with Crippen LogP contribution in [0.1, 0.15) is 18.1 Å². The molecule has 3 aromatic carbocycles. The van der Waals surface area contributed by atoms with Gasteiger partial charge in [-0.3, -0.25) is 14.2 Å². The molecule has 214 valence electrons. The van der Waals surface area contributed by atoms with Gasteiger partial charge in [0.05, 0.1) is 41.5 Å². The molecule has 1 amide bonds. The average Bonchev–Trinajstić information content (AvgIpc) is 2.97. The van der Waals surface area contributed by atoms with Crippen LogP contribution in [-0.4, -0.2) is 49.6 Å². The number of fused-ring (bicyclic) bond motifs is 1. The Balaban J connectivity index is 1.51. The smallest absolute Gasteiger partial charge is 0.262 e. The topological polar surface area (TPSA) is 155 Å². The van der Waals surface area contributed by atoms with Crippen LogP contribution in [0.4, 0.5) is 0 Å². The second-order valence-electron chi connectivity index (χ2n) is 8.89. The lowest BCUT2D eigenvalue weighted by Crippen LogP contribution is -2.26. The first-order valence-corrected chi connectivity index (χ1v) is 14.9. The van der Waals surface area contributed by atoms with Crippen LogP contribution >= 0.6 is 11.8 Å². The van der Waals surface area contributed by atoms with E-state index in [0.717, 1.165) is 17.3 Å². The van der Waals surface area contributed by atoms with Crippen molar-refractivity contribution < 1.29 is 22.7 Å². The highest BCUT2D eigenvalue weighted by atomic mass is 32.2. The number of aryl methyl sites for hydroxylation is 1. The van der Waals surface area contributed by atoms with E-state index in [9.17, 15) is 18.0 Å². The zero-order chi connectivity index (χ0) is 29.6. The molecule has 11 nitrogen and oxygen atoms in total. The van der Waals surface area contributed by atoms with Crippen LogP contribution in [0.3, 0.4) is 0 Å². The van der Waals surface area contributed by atoms with E-state index < -0.39 is 10.0 Å². The number of benzene rings is 3. The second kappa shape index (κ2) is 13.0. The minimum atomic E-state index is -3.80. The Morgan fingerprint density at radius 2 is 1.80 bits per heavy atom. The van der Waals surface area contributed by atoms with E-state index in [2.05, 4.69) is 15.5 Å². The normalized spacial score (nSPS) is 11.9. The predicted octanol–water partition coefficient (Wildman–Crippen LogP) is 2.94. The van der Waals surface area contributed by atoms with E-state index in [4.69, 9.17) is 14.6 Å². The quantitative estimate of drug-likeness (QED) is 0.116. The molecule has 4 rings (SSSR count). The van der Waals surface area contributed by atoms with Crippen molar-refractivity contribution in [2.24, 2.45) is 10.2 Å². The number of thioether (sulfide) groups is 1. The summed E-state index contributed by atoms with van der Waals surface area (Å²) in [6.07, 6.45) is 0.427. The molecule has 4 aromatic rings. The lowest BCUT2D eigenvalue weighted by atomic mass is 10.1. The molecule has 1 aromatic heterocycles. The van der Waals surface area contributed by atoms with Gasteiger partial charge in [0.1, 0.15) is 11.5 Å². The van der Waals surface area contributed by atoms with Crippen molar-refractivity contribution >= 4 is 44.3 Å². The van der Waals surface area contributed by atoms with Crippen molar-refractivity contribution in [1.82, 2.24) is 15.0 Å². The molecule has 0 fully saturated rings. The molecule has 1 heterocycles. The minimum Gasteiger partial charge on any atom is -0.497 e. The lowest BCUT2D eigenvalue weighted by Gasteiger charge is -2.13. The maximum Gasteiger partial charge on any atom is 0.262 e. The molecule has 0 atom stereocenters. The molecular weight excluding hydrogens is 566 g/mol. The molecule has 41 heavy (non-hydrogen) atoms. The van der Waals surface area contributed by atoms with Gasteiger partial charge in [-0.25, -0.2) is 24.0 Å². The fraction of sp³-hybridized carbons (Fsp3) is 0.214. The van der Waals surface area contributed by atoms with E-state index in [0.29, 0.717) is 45.3 Å². The summed E-state index contributed by atoms with van der Waals surface area (Å²) in [5.41, 5.74) is 4.83. The maximum atomic E-state index is 13.4. The van der Waals surface area contributed by atoms with Crippen molar-refractivity contribution in [3.8, 4) is 11.5 Å². The summed E-state index contributed by atoms with van der Waals surface area (Å²) >= 11 is 1.12. The summed E-state index contributed by atoms with van der Waals surface area (Å²) in [7, 11) is -0.698. The van der Waals surface area contributed by atoms with E-state index in [1.54, 1.807) is 75.7 Å². The van der Waals surface area contributed by atoms with E-state index >= 15 is 0 Å². The molecule has 3 N–H and O–H groups in total. The number of amides is 1. The molecule has 0 spiro atoms. The number of sulfonamides is 1. The molecule has 0 radical (unpaired) electrons. The number of hydrazone groups is 1. The van der Waals surface area contributed by atoms with Crippen LogP contribution in [0, 0.1) is 0 Å². The van der Waals surface area contributed by atoms with Gasteiger partial charge >= 0.3 is 0 Å². The molecule has 0 bridgehead atoms. The van der Waals surface area contributed by atoms with Gasteiger partial charge in [-0.15, -0.1) is 0 Å². The van der Waals surface area contributed by atoms with Gasteiger partial charge in [0.25, 0.3) is 11.5 Å². The van der Waals surface area contributed by atoms with Gasteiger partial charge in [-0.05, 0) is 61.4 Å². The van der Waals surface area contributed by atoms with E-state index in [1.165, 1.54) is 16.7 Å². The van der Waals surface area contributed by atoms with E-state index in [-0.39, 0.29) is 28.7 Å². The number of ether oxygens (including phenoxy) is 2. The number of rotatable bonds is 11. The van der Waals surface area contributed by atoms with E-state index in [1.807, 2.05) is 0 Å². The SMILES string of the molecule is COc1ccc(OC)c(/C(C)=N/NC(=O)CSc2nc3ccccc3c(=O)n2CCc2ccc(S(N)(=O)=O)cc2)c1. The number of aromatic nitrogens is 2. The third-order valence-corrected chi connectivity index (χ3v) is 8.09. The maximum absolute atomic E-state index is 13.4. The largest absolute Gasteiger partial charge is 0.497 e. The lowest BCUT2D eigenvalue weighted by molar-refractivity contribution is -0.118. The van der Waals surface area contributed by atoms with Crippen LogP contribution in [0.5, 0.6) is 11.5 Å². The first-order valence-electron chi connectivity index (χ1n) is 12.4. The first kappa shape index (κ1) is 29.8. The highest BCUT2D eigenvalue weighted by Crippen LogP contribution is 2.24. The highest BCUT2D eigenvalue weighted by molar-refractivity contribution is 7.99. The highest BCUT2D eigenvalue weighted by Gasteiger charge is 2.15. The van der Waals surface area contributed by atoms with Crippen LogP contribution in [-0.2, 0) is 27.8 Å². The molecule has 0 aliphatic rings. The zero-order valence-electron chi connectivity index (χ0n) is 22.7. The summed E-state index contributed by atoms with van der Waals surface area (Å²) in [6, 6.07) is 18.4. The monoisotopic (exact) mass is 595 g/mol. The van der Waals surface area contributed by atoms with Gasteiger partial charge < -0.3 is 9.47 Å². The van der Waals surface area contributed by atoms with Gasteiger partial charge in [-0.2, -0.15) is 5.10 Å². The molecule has 0 aliphatic heterocycles. The summed E-state index contributed by atoms with van der Waals surface area (Å²) in [5.74, 6) is 0.779. The Hall–Kier alpha value is -4.20. The van der Waals surface area contributed by atoms with Crippen LogP contribution < -0.4 is 25.6 Å². The Kier molecular flexibility index (Phi) is 9.42. The molecular formula is C28H29N5O6S2. The molecule has 0 unspecified atom stereocenters. The number of primary sulfonamides is 1. The van der Waals surface area contributed by atoms with Crippen molar-refractivity contribution in [3.63, 3.8) is 0 Å². The molecule has 13 heteroatoms. The number of hydrogen-bond donors (Lipinski definition) is 2. The fourth-order valence-corrected chi connectivity index (χ4v) is 5.34. The van der Waals surface area contributed by atoms with Crippen LogP contribution in [0.2, 0.25) is 0 Å². The minimum absolute atomic E-state index is 0.00999. The Morgan fingerprint density at radius 3 is 2.49 bits per heavy atom. The number of carbonyl (C=O) groups excluding carboxylic acids is 1. The van der Waals surface area contributed by atoms with Crippen molar-refractivity contribution in [2.75, 3.05) is 20.0 Å². The van der Waals surface area contributed by atoms with Gasteiger partial charge in [0.15, 0.2) is 5.16 Å². The van der Waals surface area contributed by atoms with Crippen LogP contribution in [0.25, 0.3) is 10.9 Å². The van der Waals surface area contributed by atoms with Gasteiger partial charge in [0.2, 0.25) is 10.0 Å². The first-order chi connectivity index (χ1) is 19.6. The Morgan fingerprint density at radius 1 is 1.07 bits per heavy atom. The number of nitrogens with zero attached hydrogens (tertiary/aromatic N) is 3. The van der Waals surface area contributed by atoms with Crippen molar-refractivity contribution in [1.29, 1.82) is 0 Å². The van der Waals surface area contributed by atoms with Crippen molar-refractivity contribution in [3.05, 3.63) is 88.2 Å². The van der Waals surface area contributed by atoms with Crippen LogP contribution in [0.15, 0.2) is 86.7 Å². The zero-order valence-corrected chi connectivity index (χ0v) is 24.3. The molecule has 0 saturated carbocycles. The fourth-order valence-electron chi connectivity index (χ4n) is 4.01. The summed E-state index contributed by atoms with van der Waals surface area (Å²) in [5, 5.41) is 10.2. The van der Waals surface area contributed by atoms with Crippen molar-refractivity contribution in [2.45, 2.75) is 29.9 Å². The summed E-state index contributed by atoms with van der Waals surface area (Å²) in [4.78, 5) is 30.7. The Labute approximate surface area is 241 Å². The standard InChI is InChI=1S/C28H29N5O6S2/c1-18(23-16-20(38-2)10-13-25(23)39-3)31-32-26(34)17-40-28-30-24-7-5-4-6-22(24)27(35)33(28)15-14-19-8-11-21(12-9-19)41(29,36)37/h4-13,16H,14-15,17H2,1-3H3,(H,32,34)(H2,29,36,37)/b31-18+.